The fourth-order valence-electron chi connectivity index (χ4n) is 5.68. The summed E-state index contributed by atoms with van der Waals surface area (Å²) in [5.74, 6) is 2.98. The summed E-state index contributed by atoms with van der Waals surface area (Å²) < 4.78 is 0. The van der Waals surface area contributed by atoms with Crippen molar-refractivity contribution in [3.05, 3.63) is 72.6 Å². The second kappa shape index (κ2) is 7.93. The van der Waals surface area contributed by atoms with E-state index in [1.54, 1.807) is 0 Å². The van der Waals surface area contributed by atoms with Crippen LogP contribution in [0.3, 0.4) is 0 Å². The van der Waals surface area contributed by atoms with Crippen LogP contribution in [0.5, 0.6) is 0 Å². The third kappa shape index (κ3) is 3.67. The number of aromatic nitrogens is 4. The van der Waals surface area contributed by atoms with E-state index >= 15 is 0 Å². The average molecular weight is 451 g/mol. The van der Waals surface area contributed by atoms with Gasteiger partial charge >= 0.3 is 0 Å². The summed E-state index contributed by atoms with van der Waals surface area (Å²) in [4.78, 5) is 16.3. The number of nitrogens with zero attached hydrogens (tertiary/aromatic N) is 2. The van der Waals surface area contributed by atoms with Crippen molar-refractivity contribution in [2.45, 2.75) is 56.8 Å². The Morgan fingerprint density at radius 2 is 1.21 bits per heavy atom. The van der Waals surface area contributed by atoms with E-state index < -0.39 is 0 Å². The van der Waals surface area contributed by atoms with Crippen molar-refractivity contribution in [1.29, 1.82) is 0 Å². The maximum Gasteiger partial charge on any atom is 0.123 e. The van der Waals surface area contributed by atoms with Gasteiger partial charge in [0.15, 0.2) is 0 Å². The number of nitrogens with one attached hydrogen (secondary N) is 4. The van der Waals surface area contributed by atoms with Gasteiger partial charge < -0.3 is 20.6 Å². The van der Waals surface area contributed by atoms with Crippen molar-refractivity contribution in [2.75, 3.05) is 0 Å². The molecule has 3 fully saturated rings. The molecule has 2 aromatic heterocycles. The van der Waals surface area contributed by atoms with Crippen LogP contribution in [0.1, 0.15) is 56.3 Å². The molecule has 1 saturated carbocycles. The van der Waals surface area contributed by atoms with Gasteiger partial charge in [0.05, 0.1) is 35.9 Å². The molecule has 172 valence electrons. The number of hydrogen-bond acceptors (Lipinski definition) is 4. The highest BCUT2D eigenvalue weighted by molar-refractivity contribution is 5.71. The highest BCUT2D eigenvalue weighted by Crippen LogP contribution is 2.45. The molecule has 6 nitrogen and oxygen atoms in total. The van der Waals surface area contributed by atoms with E-state index in [9.17, 15) is 0 Å². The maximum atomic E-state index is 4.65. The predicted octanol–water partition coefficient (Wildman–Crippen LogP) is 5.37. The van der Waals surface area contributed by atoms with Crippen LogP contribution in [0, 0.1) is 5.92 Å². The van der Waals surface area contributed by atoms with Crippen LogP contribution in [0.25, 0.3) is 33.6 Å². The zero-order chi connectivity index (χ0) is 22.6. The lowest BCUT2D eigenvalue weighted by Gasteiger charge is -2.09. The number of hydrogen-bond donors (Lipinski definition) is 4. The summed E-state index contributed by atoms with van der Waals surface area (Å²) in [5.41, 5.74) is 6.90. The van der Waals surface area contributed by atoms with E-state index in [-0.39, 0.29) is 0 Å². The monoisotopic (exact) mass is 450 g/mol. The van der Waals surface area contributed by atoms with E-state index in [2.05, 4.69) is 86.0 Å². The quantitative estimate of drug-likeness (QED) is 0.330. The van der Waals surface area contributed by atoms with Gasteiger partial charge in [-0.1, -0.05) is 48.5 Å². The minimum absolute atomic E-state index is 0.340. The topological polar surface area (TPSA) is 81.4 Å². The summed E-state index contributed by atoms with van der Waals surface area (Å²) in [6.07, 6.45) is 8.81. The summed E-state index contributed by atoms with van der Waals surface area (Å²) in [5, 5.41) is 7.27. The van der Waals surface area contributed by atoms with Gasteiger partial charge in [-0.2, -0.15) is 0 Å². The molecular formula is C28H30N6. The molecule has 34 heavy (non-hydrogen) atoms. The molecule has 7 rings (SSSR count). The van der Waals surface area contributed by atoms with Crippen LogP contribution in [-0.4, -0.2) is 32.0 Å². The Morgan fingerprint density at radius 1 is 0.647 bits per heavy atom. The van der Waals surface area contributed by atoms with Gasteiger partial charge in [0.2, 0.25) is 0 Å². The van der Waals surface area contributed by atoms with Crippen molar-refractivity contribution >= 4 is 0 Å². The van der Waals surface area contributed by atoms with Gasteiger partial charge in [-0.25, -0.2) is 9.97 Å². The first-order chi connectivity index (χ1) is 16.7. The Labute approximate surface area is 199 Å². The van der Waals surface area contributed by atoms with Crippen LogP contribution in [-0.2, 0) is 0 Å². The van der Waals surface area contributed by atoms with E-state index in [0.717, 1.165) is 47.0 Å². The largest absolute Gasteiger partial charge is 0.341 e. The molecule has 0 amide bonds. The molecule has 4 N–H and O–H groups in total. The predicted molar refractivity (Wildman–Crippen MR) is 134 cm³/mol. The second-order valence-electron chi connectivity index (χ2n) is 10.3. The molecule has 4 aromatic rings. The lowest BCUT2D eigenvalue weighted by atomic mass is 10.0. The summed E-state index contributed by atoms with van der Waals surface area (Å²) >= 11 is 0. The van der Waals surface area contributed by atoms with Gasteiger partial charge in [0, 0.05) is 12.1 Å². The maximum absolute atomic E-state index is 4.65. The smallest absolute Gasteiger partial charge is 0.123 e. The van der Waals surface area contributed by atoms with E-state index in [4.69, 9.17) is 0 Å². The number of fused-ring (bicyclic) bond motifs is 1. The minimum Gasteiger partial charge on any atom is -0.341 e. The molecule has 1 aliphatic carbocycles. The van der Waals surface area contributed by atoms with Gasteiger partial charge in [-0.3, -0.25) is 0 Å². The Hall–Kier alpha value is -3.22. The molecule has 4 heterocycles. The van der Waals surface area contributed by atoms with E-state index in [1.165, 1.54) is 36.0 Å². The number of piperidine rings is 1. The van der Waals surface area contributed by atoms with Gasteiger partial charge in [0.25, 0.3) is 0 Å². The number of imidazole rings is 2. The molecule has 2 aliphatic heterocycles. The molecule has 3 aliphatic rings. The van der Waals surface area contributed by atoms with Crippen molar-refractivity contribution < 1.29 is 0 Å². The highest BCUT2D eigenvalue weighted by Gasteiger charge is 2.46. The Kier molecular flexibility index (Phi) is 4.71. The normalized spacial score (nSPS) is 27.7. The van der Waals surface area contributed by atoms with Crippen molar-refractivity contribution in [3.8, 4) is 33.6 Å². The molecule has 6 heteroatoms. The highest BCUT2D eigenvalue weighted by atomic mass is 15.1. The molecule has 0 spiro atoms. The summed E-state index contributed by atoms with van der Waals surface area (Å²) in [6.45, 7) is 2.23. The second-order valence-corrected chi connectivity index (χ2v) is 10.3. The molecular weight excluding hydrogens is 420 g/mol. The average Bonchev–Trinajstić information content (AvgIpc) is 3.44. The third-order valence-corrected chi connectivity index (χ3v) is 7.83. The molecule has 2 aromatic carbocycles. The van der Waals surface area contributed by atoms with Crippen LogP contribution >= 0.6 is 0 Å². The van der Waals surface area contributed by atoms with Crippen molar-refractivity contribution in [2.24, 2.45) is 5.92 Å². The van der Waals surface area contributed by atoms with Gasteiger partial charge in [0.1, 0.15) is 11.6 Å². The first-order valence-electron chi connectivity index (χ1n) is 12.5. The number of benzene rings is 2. The summed E-state index contributed by atoms with van der Waals surface area (Å²) in [7, 11) is 0. The molecule has 0 radical (unpaired) electrons. The van der Waals surface area contributed by atoms with Crippen LogP contribution < -0.4 is 10.6 Å². The molecule has 5 atom stereocenters. The van der Waals surface area contributed by atoms with Crippen molar-refractivity contribution in [1.82, 2.24) is 30.6 Å². The first-order valence-corrected chi connectivity index (χ1v) is 12.5. The zero-order valence-electron chi connectivity index (χ0n) is 19.4. The Bertz CT molecular complexity index is 1200. The summed E-state index contributed by atoms with van der Waals surface area (Å²) in [6, 6.07) is 19.5. The SMILES string of the molecule is CC1CCC(c2ncc(-c3ccc(-c4ccc(-c5cnc(C6CC7CC7N6)[nH]5)cc4)cc3)[nH]2)N1. The van der Waals surface area contributed by atoms with Crippen LogP contribution in [0.4, 0.5) is 0 Å². The van der Waals surface area contributed by atoms with Crippen LogP contribution in [0.15, 0.2) is 60.9 Å². The van der Waals surface area contributed by atoms with Gasteiger partial charge in [-0.15, -0.1) is 0 Å². The Morgan fingerprint density at radius 3 is 1.71 bits per heavy atom. The minimum atomic E-state index is 0.340. The fourth-order valence-corrected chi connectivity index (χ4v) is 5.68. The third-order valence-electron chi connectivity index (χ3n) is 7.83. The van der Waals surface area contributed by atoms with Crippen molar-refractivity contribution in [3.63, 3.8) is 0 Å². The lowest BCUT2D eigenvalue weighted by molar-refractivity contribution is 0.543. The lowest BCUT2D eigenvalue weighted by Crippen LogP contribution is -2.21. The number of aromatic amines is 2. The van der Waals surface area contributed by atoms with Gasteiger partial charge in [-0.05, 0) is 60.8 Å². The Balaban J connectivity index is 1.05. The standard InChI is InChI=1S/C28H30N6/c1-16-2-11-22(31-16)27-29-14-25(33-27)19-7-3-17(4-8-19)18-5-9-20(10-6-18)26-15-30-28(34-26)24-13-21-12-23(21)32-24/h3-10,14-16,21-24,31-32H,2,11-13H2,1H3,(H,29,33)(H,30,34). The fraction of sp³-hybridized carbons (Fsp3) is 0.357. The molecule has 2 saturated heterocycles. The van der Waals surface area contributed by atoms with E-state index in [0.29, 0.717) is 18.1 Å². The zero-order valence-corrected chi connectivity index (χ0v) is 19.4. The number of rotatable bonds is 5. The van der Waals surface area contributed by atoms with E-state index in [1.807, 2.05) is 12.4 Å². The molecule has 0 bridgehead atoms. The first kappa shape index (κ1) is 20.2. The number of H-pyrrole nitrogens is 2. The molecule has 5 unspecified atom stereocenters. The van der Waals surface area contributed by atoms with Crippen LogP contribution in [0.2, 0.25) is 0 Å².